The standard InChI is InChI=1S/C25H36O8/c1-13-7-8-15(20(3,4)28)23(10-9-16(26)29-12-23)24(13)11-21(5)14(2)17-18-22(6,31-19(17)27)32-25(21,30-18)33-24/h13-15,17-18,28H,7-12H2,1-6H3/t13-,14+,15-,17+,18-,21+,22+,23+,24-,25+/m0/s1. The van der Waals surface area contributed by atoms with Crippen molar-refractivity contribution >= 4 is 11.9 Å². The third kappa shape index (κ3) is 2.37. The van der Waals surface area contributed by atoms with Crippen LogP contribution in [0.15, 0.2) is 0 Å². The second-order valence-corrected chi connectivity index (χ2v) is 12.5. The van der Waals surface area contributed by atoms with Gasteiger partial charge in [-0.2, -0.15) is 0 Å². The number of rotatable bonds is 1. The zero-order valence-corrected chi connectivity index (χ0v) is 20.4. The van der Waals surface area contributed by atoms with Crippen LogP contribution >= 0.6 is 0 Å². The van der Waals surface area contributed by atoms with Gasteiger partial charge in [-0.15, -0.1) is 0 Å². The van der Waals surface area contributed by atoms with Crippen molar-refractivity contribution in [2.75, 3.05) is 6.61 Å². The smallest absolute Gasteiger partial charge is 0.314 e. The Morgan fingerprint density at radius 1 is 1.09 bits per heavy atom. The molecule has 10 atom stereocenters. The Morgan fingerprint density at radius 2 is 1.82 bits per heavy atom. The quantitative estimate of drug-likeness (QED) is 0.592. The van der Waals surface area contributed by atoms with Crippen LogP contribution in [0.3, 0.4) is 0 Å². The van der Waals surface area contributed by atoms with Gasteiger partial charge in [0.05, 0.1) is 22.5 Å². The summed E-state index contributed by atoms with van der Waals surface area (Å²) in [7, 11) is 0. The van der Waals surface area contributed by atoms with Crippen molar-refractivity contribution < 1.29 is 38.4 Å². The van der Waals surface area contributed by atoms with E-state index >= 15 is 0 Å². The summed E-state index contributed by atoms with van der Waals surface area (Å²) in [5.74, 6) is -3.56. The van der Waals surface area contributed by atoms with Crippen LogP contribution in [0.4, 0.5) is 0 Å². The van der Waals surface area contributed by atoms with E-state index in [2.05, 4.69) is 20.8 Å². The molecular weight excluding hydrogens is 428 g/mol. The normalized spacial score (nSPS) is 57.4. The number of esters is 2. The maximum atomic E-state index is 12.8. The summed E-state index contributed by atoms with van der Waals surface area (Å²) in [6, 6.07) is 0. The second-order valence-electron chi connectivity index (χ2n) is 12.5. The van der Waals surface area contributed by atoms with E-state index in [4.69, 9.17) is 23.7 Å². The van der Waals surface area contributed by atoms with Crippen LogP contribution in [-0.4, -0.2) is 52.7 Å². The van der Waals surface area contributed by atoms with Crippen LogP contribution in [0.1, 0.15) is 73.6 Å². The molecule has 184 valence electrons. The number of carbonyl (C=O) groups is 2. The number of hydrogen-bond acceptors (Lipinski definition) is 8. The van der Waals surface area contributed by atoms with E-state index in [1.54, 1.807) is 6.92 Å². The minimum atomic E-state index is -1.35. The average molecular weight is 465 g/mol. The van der Waals surface area contributed by atoms with Gasteiger partial charge in [-0.05, 0) is 57.3 Å². The molecule has 3 spiro atoms. The lowest BCUT2D eigenvalue weighted by atomic mass is 9.46. The summed E-state index contributed by atoms with van der Waals surface area (Å²) in [5, 5.41) is 11.3. The van der Waals surface area contributed by atoms with E-state index in [1.807, 2.05) is 13.8 Å². The minimum Gasteiger partial charge on any atom is -0.465 e. The average Bonchev–Trinajstić information content (AvgIpc) is 3.22. The molecule has 0 radical (unpaired) electrons. The van der Waals surface area contributed by atoms with Crippen LogP contribution in [-0.2, 0) is 33.3 Å². The third-order valence-electron chi connectivity index (χ3n) is 10.5. The molecule has 8 heteroatoms. The van der Waals surface area contributed by atoms with Crippen molar-refractivity contribution in [2.45, 2.75) is 103 Å². The van der Waals surface area contributed by atoms with Gasteiger partial charge in [-0.3, -0.25) is 14.3 Å². The first-order valence-electron chi connectivity index (χ1n) is 12.4. The zero-order chi connectivity index (χ0) is 23.8. The fourth-order valence-electron chi connectivity index (χ4n) is 8.72. The molecule has 5 saturated heterocycles. The zero-order valence-electron chi connectivity index (χ0n) is 20.4. The van der Waals surface area contributed by atoms with Gasteiger partial charge in [0.15, 0.2) is 0 Å². The molecule has 5 heterocycles. The van der Waals surface area contributed by atoms with E-state index in [0.29, 0.717) is 12.8 Å². The highest BCUT2D eigenvalue weighted by atomic mass is 17.0. The second kappa shape index (κ2) is 6.12. The molecule has 6 aliphatic rings. The lowest BCUT2D eigenvalue weighted by Crippen LogP contribution is -2.67. The van der Waals surface area contributed by atoms with Gasteiger partial charge in [-0.25, -0.2) is 0 Å². The van der Waals surface area contributed by atoms with Crippen molar-refractivity contribution in [3.63, 3.8) is 0 Å². The SMILES string of the molecule is C[C@@H]1[C@H]2C(=O)O[C@]3(C)O[C@@]4(O[C@@H]23)O[C@@]2(C[C@]14C)[C@@H](C)CC[C@@H](C(C)(C)O)[C@]21CCC(=O)OC1. The molecule has 0 aromatic carbocycles. The van der Waals surface area contributed by atoms with Gasteiger partial charge in [0.2, 0.25) is 5.79 Å². The van der Waals surface area contributed by atoms with Crippen molar-refractivity contribution in [3.8, 4) is 0 Å². The Balaban J connectivity index is 1.52. The number of aliphatic hydroxyl groups is 1. The molecule has 1 aliphatic carbocycles. The van der Waals surface area contributed by atoms with E-state index in [-0.39, 0.29) is 42.7 Å². The molecular formula is C25H36O8. The molecule has 8 nitrogen and oxygen atoms in total. The molecule has 0 aromatic heterocycles. The van der Waals surface area contributed by atoms with E-state index in [9.17, 15) is 14.7 Å². The molecule has 1 saturated carbocycles. The Bertz CT molecular complexity index is 916. The van der Waals surface area contributed by atoms with Crippen molar-refractivity contribution in [2.24, 2.45) is 34.5 Å². The van der Waals surface area contributed by atoms with E-state index in [0.717, 1.165) is 12.8 Å². The van der Waals surface area contributed by atoms with Gasteiger partial charge >= 0.3 is 11.9 Å². The van der Waals surface area contributed by atoms with Gasteiger partial charge in [0, 0.05) is 18.8 Å². The Hall–Kier alpha value is -1.22. The fraction of sp³-hybridized carbons (Fsp3) is 0.920. The first-order chi connectivity index (χ1) is 15.2. The number of ether oxygens (including phenoxy) is 5. The van der Waals surface area contributed by atoms with Gasteiger partial charge < -0.3 is 24.1 Å². The summed E-state index contributed by atoms with van der Waals surface area (Å²) in [6.07, 6.45) is 2.62. The summed E-state index contributed by atoms with van der Waals surface area (Å²) in [5.41, 5.74) is -2.95. The molecule has 6 rings (SSSR count). The van der Waals surface area contributed by atoms with Crippen LogP contribution in [0.2, 0.25) is 0 Å². The highest BCUT2D eigenvalue weighted by Crippen LogP contribution is 2.75. The predicted molar refractivity (Wildman–Crippen MR) is 113 cm³/mol. The largest absolute Gasteiger partial charge is 0.465 e. The van der Waals surface area contributed by atoms with Gasteiger partial charge in [0.25, 0.3) is 5.97 Å². The summed E-state index contributed by atoms with van der Waals surface area (Å²) in [6.45, 7) is 12.0. The Labute approximate surface area is 194 Å². The van der Waals surface area contributed by atoms with E-state index in [1.165, 1.54) is 0 Å². The van der Waals surface area contributed by atoms with Crippen molar-refractivity contribution in [1.82, 2.24) is 0 Å². The highest BCUT2D eigenvalue weighted by Gasteiger charge is 2.85. The fourth-order valence-corrected chi connectivity index (χ4v) is 8.72. The number of carbonyl (C=O) groups excluding carboxylic acids is 2. The molecule has 1 N–H and O–H groups in total. The topological polar surface area (TPSA) is 101 Å². The lowest BCUT2D eigenvalue weighted by molar-refractivity contribution is -0.435. The number of cyclic esters (lactones) is 1. The lowest BCUT2D eigenvalue weighted by Gasteiger charge is -2.61. The summed E-state index contributed by atoms with van der Waals surface area (Å²) < 4.78 is 31.6. The van der Waals surface area contributed by atoms with Crippen LogP contribution < -0.4 is 0 Å². The van der Waals surface area contributed by atoms with Crippen LogP contribution in [0.5, 0.6) is 0 Å². The molecule has 6 fully saturated rings. The Morgan fingerprint density at radius 3 is 2.45 bits per heavy atom. The summed E-state index contributed by atoms with van der Waals surface area (Å²) in [4.78, 5) is 25.0. The maximum Gasteiger partial charge on any atom is 0.314 e. The first-order valence-corrected chi connectivity index (χ1v) is 12.4. The molecule has 2 bridgehead atoms. The maximum absolute atomic E-state index is 12.8. The molecule has 5 aliphatic heterocycles. The van der Waals surface area contributed by atoms with Crippen molar-refractivity contribution in [3.05, 3.63) is 0 Å². The van der Waals surface area contributed by atoms with Gasteiger partial charge in [-0.1, -0.05) is 20.8 Å². The summed E-state index contributed by atoms with van der Waals surface area (Å²) >= 11 is 0. The third-order valence-corrected chi connectivity index (χ3v) is 10.5. The monoisotopic (exact) mass is 464 g/mol. The highest BCUT2D eigenvalue weighted by molar-refractivity contribution is 5.77. The molecule has 0 amide bonds. The number of hydrogen-bond donors (Lipinski definition) is 1. The van der Waals surface area contributed by atoms with Crippen LogP contribution in [0, 0.1) is 34.5 Å². The van der Waals surface area contributed by atoms with Crippen molar-refractivity contribution in [1.29, 1.82) is 0 Å². The van der Waals surface area contributed by atoms with Crippen LogP contribution in [0.25, 0.3) is 0 Å². The van der Waals surface area contributed by atoms with Gasteiger partial charge in [0.1, 0.15) is 12.7 Å². The Kier molecular flexibility index (Phi) is 4.13. The number of fused-ring (bicyclic) bond motifs is 1. The molecule has 0 aromatic rings. The minimum absolute atomic E-state index is 0.0923. The first kappa shape index (κ1) is 22.3. The van der Waals surface area contributed by atoms with E-state index < -0.39 is 45.8 Å². The molecule has 0 unspecified atom stereocenters. The predicted octanol–water partition coefficient (Wildman–Crippen LogP) is 2.90. The molecule has 33 heavy (non-hydrogen) atoms.